The lowest BCUT2D eigenvalue weighted by Gasteiger charge is -2.13. The van der Waals surface area contributed by atoms with Gasteiger partial charge >= 0.3 is 0 Å². The van der Waals surface area contributed by atoms with E-state index < -0.39 is 0 Å². The van der Waals surface area contributed by atoms with Crippen molar-refractivity contribution in [2.45, 2.75) is 20.8 Å². The van der Waals surface area contributed by atoms with Crippen LogP contribution in [0.15, 0.2) is 30.3 Å². The zero-order chi connectivity index (χ0) is 17.0. The number of ether oxygens (including phenoxy) is 2. The van der Waals surface area contributed by atoms with Crippen LogP contribution >= 0.6 is 0 Å². The second-order valence-electron chi connectivity index (χ2n) is 5.52. The molecule has 0 aromatic heterocycles. The van der Waals surface area contributed by atoms with Gasteiger partial charge in [-0.1, -0.05) is 17.7 Å². The average molecular weight is 314 g/mol. The highest BCUT2D eigenvalue weighted by Gasteiger charge is 2.09. The van der Waals surface area contributed by atoms with E-state index in [0.29, 0.717) is 17.1 Å². The van der Waals surface area contributed by atoms with E-state index in [2.05, 4.69) is 5.32 Å². The van der Waals surface area contributed by atoms with Crippen LogP contribution in [0.1, 0.15) is 16.7 Å². The Morgan fingerprint density at radius 3 is 2.35 bits per heavy atom. The Balaban J connectivity index is 1.99. The summed E-state index contributed by atoms with van der Waals surface area (Å²) in [6.45, 7) is 5.91. The third-order valence-electron chi connectivity index (χ3n) is 3.47. The fourth-order valence-electron chi connectivity index (χ4n) is 2.54. The first-order valence-corrected chi connectivity index (χ1v) is 7.34. The Kier molecular flexibility index (Phi) is 5.11. The summed E-state index contributed by atoms with van der Waals surface area (Å²) in [6, 6.07) is 9.16. The molecule has 0 aliphatic rings. The van der Waals surface area contributed by atoms with Crippen LogP contribution < -0.4 is 20.5 Å². The fourth-order valence-corrected chi connectivity index (χ4v) is 2.54. The van der Waals surface area contributed by atoms with Gasteiger partial charge in [-0.3, -0.25) is 4.79 Å². The molecule has 0 heterocycles. The first kappa shape index (κ1) is 16.7. The van der Waals surface area contributed by atoms with Crippen molar-refractivity contribution in [2.75, 3.05) is 24.8 Å². The number of benzene rings is 2. The Morgan fingerprint density at radius 1 is 1.13 bits per heavy atom. The summed E-state index contributed by atoms with van der Waals surface area (Å²) in [7, 11) is 1.55. The van der Waals surface area contributed by atoms with Crippen LogP contribution in [-0.2, 0) is 4.79 Å². The third kappa shape index (κ3) is 4.16. The summed E-state index contributed by atoms with van der Waals surface area (Å²) >= 11 is 0. The molecule has 122 valence electrons. The second kappa shape index (κ2) is 7.05. The highest BCUT2D eigenvalue weighted by molar-refractivity contribution is 5.92. The molecule has 5 heteroatoms. The maximum atomic E-state index is 12.0. The lowest BCUT2D eigenvalue weighted by Crippen LogP contribution is -2.20. The number of rotatable bonds is 5. The van der Waals surface area contributed by atoms with E-state index in [1.807, 2.05) is 32.9 Å². The third-order valence-corrected chi connectivity index (χ3v) is 3.47. The van der Waals surface area contributed by atoms with Gasteiger partial charge in [0.25, 0.3) is 5.91 Å². The van der Waals surface area contributed by atoms with Gasteiger partial charge in [-0.05, 0) is 50.1 Å². The predicted molar refractivity (Wildman–Crippen MR) is 92.2 cm³/mol. The largest absolute Gasteiger partial charge is 0.495 e. The number of nitrogens with two attached hydrogens (primary N) is 1. The molecule has 0 aliphatic carbocycles. The summed E-state index contributed by atoms with van der Waals surface area (Å²) in [6.07, 6.45) is 0. The molecular weight excluding hydrogens is 292 g/mol. The minimum Gasteiger partial charge on any atom is -0.495 e. The molecule has 5 nitrogen and oxygen atoms in total. The molecule has 0 aliphatic heterocycles. The van der Waals surface area contributed by atoms with Crippen LogP contribution in [0.25, 0.3) is 0 Å². The smallest absolute Gasteiger partial charge is 0.262 e. The first-order valence-electron chi connectivity index (χ1n) is 7.34. The number of anilines is 2. The molecule has 0 bridgehead atoms. The number of nitrogens with one attached hydrogen (secondary N) is 1. The molecule has 0 saturated carbocycles. The molecule has 0 saturated heterocycles. The minimum absolute atomic E-state index is 0.0589. The molecule has 23 heavy (non-hydrogen) atoms. The quantitative estimate of drug-likeness (QED) is 0.831. The Bertz CT molecular complexity index is 703. The summed E-state index contributed by atoms with van der Waals surface area (Å²) in [5.74, 6) is 1.08. The second-order valence-corrected chi connectivity index (χ2v) is 5.52. The van der Waals surface area contributed by atoms with Gasteiger partial charge in [0.2, 0.25) is 0 Å². The average Bonchev–Trinajstić information content (AvgIpc) is 2.46. The number of methoxy groups -OCH3 is 1. The van der Waals surface area contributed by atoms with Crippen molar-refractivity contribution in [3.63, 3.8) is 0 Å². The maximum Gasteiger partial charge on any atom is 0.262 e. The fraction of sp³-hybridized carbons (Fsp3) is 0.278. The van der Waals surface area contributed by atoms with Crippen molar-refractivity contribution >= 4 is 17.3 Å². The van der Waals surface area contributed by atoms with E-state index in [1.54, 1.807) is 25.3 Å². The Hall–Kier alpha value is -2.69. The van der Waals surface area contributed by atoms with Crippen molar-refractivity contribution in [3.05, 3.63) is 47.0 Å². The van der Waals surface area contributed by atoms with E-state index in [0.717, 1.165) is 16.9 Å². The first-order chi connectivity index (χ1) is 10.9. The molecule has 0 unspecified atom stereocenters. The topological polar surface area (TPSA) is 73.6 Å². The lowest BCUT2D eigenvalue weighted by molar-refractivity contribution is -0.118. The van der Waals surface area contributed by atoms with Crippen LogP contribution in [0.2, 0.25) is 0 Å². The minimum atomic E-state index is -0.242. The number of nitrogen functional groups attached to an aromatic ring is 1. The summed E-state index contributed by atoms with van der Waals surface area (Å²) in [4.78, 5) is 12.0. The standard InChI is InChI=1S/C18H22N2O3/c1-11-7-12(2)18(13(3)8-11)23-10-17(21)20-14-5-6-16(22-4)15(19)9-14/h5-9H,10,19H2,1-4H3,(H,20,21). The molecule has 2 aromatic rings. The van der Waals surface area contributed by atoms with E-state index >= 15 is 0 Å². The van der Waals surface area contributed by atoms with Gasteiger partial charge in [-0.25, -0.2) is 0 Å². The van der Waals surface area contributed by atoms with Crippen LogP contribution in [0.5, 0.6) is 11.5 Å². The monoisotopic (exact) mass is 314 g/mol. The molecule has 2 rings (SSSR count). The summed E-state index contributed by atoms with van der Waals surface area (Å²) in [5.41, 5.74) is 10.1. The van der Waals surface area contributed by atoms with Gasteiger partial charge in [0.1, 0.15) is 11.5 Å². The van der Waals surface area contributed by atoms with E-state index in [1.165, 1.54) is 5.56 Å². The van der Waals surface area contributed by atoms with Gasteiger partial charge in [0, 0.05) is 5.69 Å². The number of hydrogen-bond donors (Lipinski definition) is 2. The Labute approximate surface area is 136 Å². The molecular formula is C18H22N2O3. The van der Waals surface area contributed by atoms with Gasteiger partial charge in [0.05, 0.1) is 12.8 Å². The van der Waals surface area contributed by atoms with Crippen LogP contribution in [0.4, 0.5) is 11.4 Å². The van der Waals surface area contributed by atoms with Crippen LogP contribution in [-0.4, -0.2) is 19.6 Å². The maximum absolute atomic E-state index is 12.0. The van der Waals surface area contributed by atoms with Gasteiger partial charge < -0.3 is 20.5 Å². The van der Waals surface area contributed by atoms with E-state index in [-0.39, 0.29) is 12.5 Å². The number of amides is 1. The summed E-state index contributed by atoms with van der Waals surface area (Å²) in [5, 5.41) is 2.76. The van der Waals surface area contributed by atoms with Crippen LogP contribution in [0, 0.1) is 20.8 Å². The number of carbonyl (C=O) groups is 1. The highest BCUT2D eigenvalue weighted by Crippen LogP contribution is 2.26. The zero-order valence-corrected chi connectivity index (χ0v) is 13.9. The Morgan fingerprint density at radius 2 is 1.78 bits per heavy atom. The molecule has 0 fully saturated rings. The van der Waals surface area contributed by atoms with Crippen molar-refractivity contribution in [3.8, 4) is 11.5 Å². The van der Waals surface area contributed by atoms with E-state index in [4.69, 9.17) is 15.2 Å². The van der Waals surface area contributed by atoms with Crippen molar-refractivity contribution in [1.82, 2.24) is 0 Å². The van der Waals surface area contributed by atoms with Crippen molar-refractivity contribution in [1.29, 1.82) is 0 Å². The number of carbonyl (C=O) groups excluding carboxylic acids is 1. The van der Waals surface area contributed by atoms with Gasteiger partial charge in [-0.2, -0.15) is 0 Å². The lowest BCUT2D eigenvalue weighted by atomic mass is 10.1. The van der Waals surface area contributed by atoms with Crippen molar-refractivity contribution < 1.29 is 14.3 Å². The highest BCUT2D eigenvalue weighted by atomic mass is 16.5. The zero-order valence-electron chi connectivity index (χ0n) is 13.9. The SMILES string of the molecule is COc1ccc(NC(=O)COc2c(C)cc(C)cc2C)cc1N. The molecule has 0 spiro atoms. The summed E-state index contributed by atoms with van der Waals surface area (Å²) < 4.78 is 10.7. The molecule has 3 N–H and O–H groups in total. The van der Waals surface area contributed by atoms with Crippen LogP contribution in [0.3, 0.4) is 0 Å². The molecule has 0 atom stereocenters. The van der Waals surface area contributed by atoms with Gasteiger partial charge in [0.15, 0.2) is 6.61 Å². The predicted octanol–water partition coefficient (Wildman–Crippen LogP) is 3.22. The number of hydrogen-bond acceptors (Lipinski definition) is 4. The molecule has 2 aromatic carbocycles. The van der Waals surface area contributed by atoms with E-state index in [9.17, 15) is 4.79 Å². The van der Waals surface area contributed by atoms with Gasteiger partial charge in [-0.15, -0.1) is 0 Å². The number of aryl methyl sites for hydroxylation is 3. The normalized spacial score (nSPS) is 10.3. The molecule has 1 amide bonds. The van der Waals surface area contributed by atoms with Crippen molar-refractivity contribution in [2.24, 2.45) is 0 Å². The molecule has 0 radical (unpaired) electrons.